The van der Waals surface area contributed by atoms with Gasteiger partial charge in [0.1, 0.15) is 17.4 Å². The number of hydrogen-bond donors (Lipinski definition) is 0. The summed E-state index contributed by atoms with van der Waals surface area (Å²) in [5.74, 6) is -1.26. The molecule has 1 saturated carbocycles. The maximum absolute atomic E-state index is 13.4. The van der Waals surface area contributed by atoms with Gasteiger partial charge in [0, 0.05) is 11.6 Å². The van der Waals surface area contributed by atoms with Crippen molar-refractivity contribution in [3.63, 3.8) is 0 Å². The summed E-state index contributed by atoms with van der Waals surface area (Å²) in [4.78, 5) is 11.3. The molecule has 2 rings (SSSR count). The number of rotatable bonds is 2. The number of ketones is 1. The summed E-state index contributed by atoms with van der Waals surface area (Å²) >= 11 is 0. The Bertz CT molecular complexity index is 394. The van der Waals surface area contributed by atoms with Crippen LogP contribution in [0.3, 0.4) is 0 Å². The van der Waals surface area contributed by atoms with Crippen LogP contribution < -0.4 is 0 Å². The van der Waals surface area contributed by atoms with Gasteiger partial charge in [0.25, 0.3) is 0 Å². The number of carbonyl (C=O) groups excluding carboxylic acids is 1. The lowest BCUT2D eigenvalue weighted by atomic mass is 9.92. The van der Waals surface area contributed by atoms with Gasteiger partial charge in [-0.3, -0.25) is 4.79 Å². The summed E-state index contributed by atoms with van der Waals surface area (Å²) < 4.78 is 26.0. The van der Waals surface area contributed by atoms with Gasteiger partial charge in [0.05, 0.1) is 5.41 Å². The average molecular weight is 196 g/mol. The Kier molecular flexibility index (Phi) is 1.91. The van der Waals surface area contributed by atoms with Crippen LogP contribution in [0.1, 0.15) is 25.3 Å². The third kappa shape index (κ3) is 1.24. The molecule has 0 saturated heterocycles. The molecule has 1 aliphatic carbocycles. The van der Waals surface area contributed by atoms with E-state index in [1.807, 2.05) is 0 Å². The zero-order valence-corrected chi connectivity index (χ0v) is 7.81. The molecule has 0 bridgehead atoms. The van der Waals surface area contributed by atoms with Gasteiger partial charge in [0.2, 0.25) is 0 Å². The second-order valence-corrected chi connectivity index (χ2v) is 3.76. The van der Waals surface area contributed by atoms with Crippen LogP contribution in [0, 0.1) is 11.6 Å². The maximum atomic E-state index is 13.4. The molecule has 74 valence electrons. The van der Waals surface area contributed by atoms with Gasteiger partial charge < -0.3 is 0 Å². The second kappa shape index (κ2) is 2.87. The van der Waals surface area contributed by atoms with Crippen molar-refractivity contribution in [1.29, 1.82) is 0 Å². The Balaban J connectivity index is 2.47. The number of Topliss-reactive ketones (excluding diaryl/α,β-unsaturated/α-hetero) is 1. The topological polar surface area (TPSA) is 17.1 Å². The van der Waals surface area contributed by atoms with Gasteiger partial charge >= 0.3 is 0 Å². The highest BCUT2D eigenvalue weighted by atomic mass is 19.1. The third-order valence-corrected chi connectivity index (χ3v) is 2.87. The molecule has 0 aliphatic heterocycles. The van der Waals surface area contributed by atoms with E-state index in [0.717, 1.165) is 6.07 Å². The molecular formula is C11H10F2O. The van der Waals surface area contributed by atoms with Gasteiger partial charge in [-0.1, -0.05) is 6.07 Å². The minimum Gasteiger partial charge on any atom is -0.299 e. The largest absolute Gasteiger partial charge is 0.299 e. The van der Waals surface area contributed by atoms with Gasteiger partial charge in [-0.2, -0.15) is 0 Å². The standard InChI is InChI=1S/C11H10F2O/c1-7(14)11(4-5-11)9-3-2-8(12)6-10(9)13/h2-3,6H,4-5H2,1H3. The Morgan fingerprint density at radius 2 is 2.00 bits per heavy atom. The van der Waals surface area contributed by atoms with E-state index in [-0.39, 0.29) is 5.78 Å². The van der Waals surface area contributed by atoms with Crippen molar-refractivity contribution in [3.05, 3.63) is 35.4 Å². The first kappa shape index (κ1) is 9.31. The van der Waals surface area contributed by atoms with Crippen molar-refractivity contribution in [3.8, 4) is 0 Å². The summed E-state index contributed by atoms with van der Waals surface area (Å²) in [7, 11) is 0. The van der Waals surface area contributed by atoms with Crippen LogP contribution in [0.2, 0.25) is 0 Å². The van der Waals surface area contributed by atoms with E-state index in [1.54, 1.807) is 0 Å². The smallest absolute Gasteiger partial charge is 0.140 e. The first-order valence-corrected chi connectivity index (χ1v) is 4.53. The highest BCUT2D eigenvalue weighted by Gasteiger charge is 2.50. The zero-order chi connectivity index (χ0) is 10.3. The quantitative estimate of drug-likeness (QED) is 0.710. The van der Waals surface area contributed by atoms with E-state index in [9.17, 15) is 13.6 Å². The van der Waals surface area contributed by atoms with E-state index in [4.69, 9.17) is 0 Å². The van der Waals surface area contributed by atoms with Crippen LogP contribution in [0.5, 0.6) is 0 Å². The predicted octanol–water partition coefficient (Wildman–Crippen LogP) is 2.59. The highest BCUT2D eigenvalue weighted by molar-refractivity contribution is 5.91. The van der Waals surface area contributed by atoms with Crippen LogP contribution in [0.4, 0.5) is 8.78 Å². The molecule has 1 nitrogen and oxygen atoms in total. The van der Waals surface area contributed by atoms with Crippen molar-refractivity contribution < 1.29 is 13.6 Å². The number of carbonyl (C=O) groups is 1. The van der Waals surface area contributed by atoms with Crippen LogP contribution in [0.15, 0.2) is 18.2 Å². The lowest BCUT2D eigenvalue weighted by Gasteiger charge is -2.12. The predicted molar refractivity (Wildman–Crippen MR) is 48.0 cm³/mol. The first-order valence-electron chi connectivity index (χ1n) is 4.53. The Hall–Kier alpha value is -1.25. The van der Waals surface area contributed by atoms with Gasteiger partial charge in [-0.15, -0.1) is 0 Å². The minimum atomic E-state index is -0.655. The van der Waals surface area contributed by atoms with Crippen molar-refractivity contribution in [2.75, 3.05) is 0 Å². The SMILES string of the molecule is CC(=O)C1(c2ccc(F)cc2F)CC1. The number of hydrogen-bond acceptors (Lipinski definition) is 1. The summed E-state index contributed by atoms with van der Waals surface area (Å²) in [5, 5.41) is 0. The molecule has 1 aromatic rings. The van der Waals surface area contributed by atoms with Crippen molar-refractivity contribution in [2.24, 2.45) is 0 Å². The van der Waals surface area contributed by atoms with E-state index in [2.05, 4.69) is 0 Å². The van der Waals surface area contributed by atoms with E-state index in [0.29, 0.717) is 18.4 Å². The summed E-state index contributed by atoms with van der Waals surface area (Å²) in [6.45, 7) is 1.45. The summed E-state index contributed by atoms with van der Waals surface area (Å²) in [6, 6.07) is 3.40. The molecule has 3 heteroatoms. The second-order valence-electron chi connectivity index (χ2n) is 3.76. The fourth-order valence-electron chi connectivity index (χ4n) is 1.81. The Labute approximate surface area is 80.7 Å². The van der Waals surface area contributed by atoms with Crippen LogP contribution in [0.25, 0.3) is 0 Å². The van der Waals surface area contributed by atoms with Crippen LogP contribution >= 0.6 is 0 Å². The molecule has 0 heterocycles. The van der Waals surface area contributed by atoms with E-state index < -0.39 is 17.0 Å². The Morgan fingerprint density at radius 1 is 1.36 bits per heavy atom. The molecule has 1 fully saturated rings. The fraction of sp³-hybridized carbons (Fsp3) is 0.364. The van der Waals surface area contributed by atoms with Gasteiger partial charge in [-0.25, -0.2) is 8.78 Å². The molecule has 0 radical (unpaired) electrons. The third-order valence-electron chi connectivity index (χ3n) is 2.87. The molecule has 0 amide bonds. The average Bonchev–Trinajstić information content (AvgIpc) is 2.84. The van der Waals surface area contributed by atoms with Crippen LogP contribution in [-0.2, 0) is 10.2 Å². The molecule has 0 N–H and O–H groups in total. The molecule has 1 aliphatic rings. The first-order chi connectivity index (χ1) is 6.56. The lowest BCUT2D eigenvalue weighted by molar-refractivity contribution is -0.119. The van der Waals surface area contributed by atoms with Crippen LogP contribution in [-0.4, -0.2) is 5.78 Å². The van der Waals surface area contributed by atoms with E-state index >= 15 is 0 Å². The zero-order valence-electron chi connectivity index (χ0n) is 7.81. The molecule has 0 spiro atoms. The molecular weight excluding hydrogens is 186 g/mol. The molecule has 14 heavy (non-hydrogen) atoms. The lowest BCUT2D eigenvalue weighted by Crippen LogP contribution is -2.18. The Morgan fingerprint density at radius 3 is 2.43 bits per heavy atom. The monoisotopic (exact) mass is 196 g/mol. The van der Waals surface area contributed by atoms with E-state index in [1.165, 1.54) is 19.1 Å². The summed E-state index contributed by atoms with van der Waals surface area (Å²) in [5.41, 5.74) is -0.316. The molecule has 0 unspecified atom stereocenters. The number of benzene rings is 1. The van der Waals surface area contributed by atoms with Gasteiger partial charge in [-0.05, 0) is 25.8 Å². The fourth-order valence-corrected chi connectivity index (χ4v) is 1.81. The maximum Gasteiger partial charge on any atom is 0.140 e. The van der Waals surface area contributed by atoms with Crippen molar-refractivity contribution in [2.45, 2.75) is 25.2 Å². The molecule has 0 aromatic heterocycles. The normalized spacial score (nSPS) is 17.9. The summed E-state index contributed by atoms with van der Waals surface area (Å²) in [6.07, 6.45) is 1.34. The van der Waals surface area contributed by atoms with Gasteiger partial charge in [0.15, 0.2) is 0 Å². The highest BCUT2D eigenvalue weighted by Crippen LogP contribution is 2.49. The molecule has 1 aromatic carbocycles. The van der Waals surface area contributed by atoms with Crippen molar-refractivity contribution >= 4 is 5.78 Å². The van der Waals surface area contributed by atoms with Crippen molar-refractivity contribution in [1.82, 2.24) is 0 Å². The molecule has 0 atom stereocenters. The number of halogens is 2. The minimum absolute atomic E-state index is 0.0389.